The molecule has 51 heavy (non-hydrogen) atoms. The molecule has 5 heteroatoms. The highest BCUT2D eigenvalue weighted by atomic mass is 16.6. The van der Waals surface area contributed by atoms with Crippen LogP contribution in [0.1, 0.15) is 264 Å². The van der Waals surface area contributed by atoms with Gasteiger partial charge in [0, 0.05) is 12.8 Å². The van der Waals surface area contributed by atoms with Crippen molar-refractivity contribution in [3.8, 4) is 0 Å². The smallest absolute Gasteiger partial charge is 0.306 e. The van der Waals surface area contributed by atoms with E-state index in [0.717, 1.165) is 32.1 Å². The average Bonchev–Trinajstić information content (AvgIpc) is 3.13. The van der Waals surface area contributed by atoms with Gasteiger partial charge >= 0.3 is 11.9 Å². The molecule has 0 bridgehead atoms. The third-order valence-corrected chi connectivity index (χ3v) is 10.7. The molecule has 0 aromatic heterocycles. The Morgan fingerprint density at radius 1 is 0.373 bits per heavy atom. The number of aliphatic hydroxyl groups excluding tert-OH is 1. The van der Waals surface area contributed by atoms with Crippen LogP contribution in [0.2, 0.25) is 0 Å². The second-order valence-electron chi connectivity index (χ2n) is 15.9. The molecule has 0 aliphatic carbocycles. The van der Waals surface area contributed by atoms with Crippen LogP contribution in [-0.2, 0) is 19.1 Å². The number of aliphatic hydroxyl groups is 1. The van der Waals surface area contributed by atoms with E-state index in [2.05, 4.69) is 13.8 Å². The van der Waals surface area contributed by atoms with E-state index in [0.29, 0.717) is 12.8 Å². The van der Waals surface area contributed by atoms with Crippen LogP contribution >= 0.6 is 0 Å². The van der Waals surface area contributed by atoms with Gasteiger partial charge in [-0.25, -0.2) is 0 Å². The molecule has 1 N–H and O–H groups in total. The number of unbranched alkanes of at least 4 members (excludes halogenated alkanes) is 35. The lowest BCUT2D eigenvalue weighted by Gasteiger charge is -2.15. The first kappa shape index (κ1) is 49.9. The standard InChI is InChI=1S/C46H90O5/c1-3-5-7-9-11-13-15-17-19-20-21-22-23-24-25-26-27-29-30-32-34-36-38-40-45(48)50-43-44(42-47)51-46(49)41-39-37-35-33-31-28-18-16-14-12-10-8-6-4-2/h44,47H,3-43H2,1-2H3/t44-/m0/s1. The third kappa shape index (κ3) is 41.5. The van der Waals surface area contributed by atoms with Gasteiger partial charge in [0.05, 0.1) is 6.61 Å². The number of esters is 2. The van der Waals surface area contributed by atoms with Gasteiger partial charge in [-0.05, 0) is 12.8 Å². The number of carbonyl (C=O) groups is 2. The monoisotopic (exact) mass is 723 g/mol. The molecule has 1 atom stereocenters. The van der Waals surface area contributed by atoms with Crippen LogP contribution in [0.5, 0.6) is 0 Å². The largest absolute Gasteiger partial charge is 0.462 e. The second-order valence-corrected chi connectivity index (χ2v) is 15.9. The molecular formula is C46H90O5. The van der Waals surface area contributed by atoms with Crippen molar-refractivity contribution in [3.05, 3.63) is 0 Å². The minimum Gasteiger partial charge on any atom is -0.462 e. The molecule has 5 nitrogen and oxygen atoms in total. The maximum absolute atomic E-state index is 12.2. The van der Waals surface area contributed by atoms with Crippen LogP contribution in [-0.4, -0.2) is 36.4 Å². The Kier molecular flexibility index (Phi) is 42.4. The summed E-state index contributed by atoms with van der Waals surface area (Å²) in [5.41, 5.74) is 0. The van der Waals surface area contributed by atoms with Crippen molar-refractivity contribution in [1.29, 1.82) is 0 Å². The molecule has 0 aliphatic rings. The van der Waals surface area contributed by atoms with E-state index in [1.165, 1.54) is 205 Å². The van der Waals surface area contributed by atoms with Crippen molar-refractivity contribution in [1.82, 2.24) is 0 Å². The number of carbonyl (C=O) groups excluding carboxylic acids is 2. The predicted molar refractivity (Wildman–Crippen MR) is 219 cm³/mol. The number of hydrogen-bond donors (Lipinski definition) is 1. The van der Waals surface area contributed by atoms with Crippen LogP contribution in [0.4, 0.5) is 0 Å². The fraction of sp³-hybridized carbons (Fsp3) is 0.957. The molecule has 0 fully saturated rings. The molecule has 0 aromatic rings. The zero-order valence-electron chi connectivity index (χ0n) is 34.6. The Balaban J connectivity index is 3.42. The molecule has 0 rings (SSSR count). The molecule has 0 radical (unpaired) electrons. The van der Waals surface area contributed by atoms with Crippen molar-refractivity contribution in [2.24, 2.45) is 0 Å². The van der Waals surface area contributed by atoms with Gasteiger partial charge in [0.15, 0.2) is 6.10 Å². The Morgan fingerprint density at radius 2 is 0.608 bits per heavy atom. The Morgan fingerprint density at radius 3 is 0.863 bits per heavy atom. The number of hydrogen-bond acceptors (Lipinski definition) is 5. The molecule has 0 spiro atoms. The van der Waals surface area contributed by atoms with Gasteiger partial charge < -0.3 is 14.6 Å². The zero-order valence-corrected chi connectivity index (χ0v) is 34.6. The molecule has 304 valence electrons. The summed E-state index contributed by atoms with van der Waals surface area (Å²) in [6.07, 6.45) is 49.0. The van der Waals surface area contributed by atoms with Gasteiger partial charge in [0.1, 0.15) is 6.61 Å². The van der Waals surface area contributed by atoms with Crippen molar-refractivity contribution >= 4 is 11.9 Å². The van der Waals surface area contributed by atoms with Crippen molar-refractivity contribution in [2.75, 3.05) is 13.2 Å². The van der Waals surface area contributed by atoms with Gasteiger partial charge in [-0.2, -0.15) is 0 Å². The summed E-state index contributed by atoms with van der Waals surface area (Å²) in [4.78, 5) is 24.3. The Hall–Kier alpha value is -1.10. The van der Waals surface area contributed by atoms with E-state index in [-0.39, 0.29) is 25.2 Å². The van der Waals surface area contributed by atoms with Gasteiger partial charge in [0.25, 0.3) is 0 Å². The summed E-state index contributed by atoms with van der Waals surface area (Å²) < 4.78 is 10.6. The normalized spacial score (nSPS) is 12.0. The summed E-state index contributed by atoms with van der Waals surface area (Å²) >= 11 is 0. The van der Waals surface area contributed by atoms with E-state index >= 15 is 0 Å². The highest BCUT2D eigenvalue weighted by Crippen LogP contribution is 2.17. The summed E-state index contributed by atoms with van der Waals surface area (Å²) in [5, 5.41) is 9.58. The summed E-state index contributed by atoms with van der Waals surface area (Å²) in [5.74, 6) is -0.571. The average molecular weight is 723 g/mol. The lowest BCUT2D eigenvalue weighted by atomic mass is 10.0. The summed E-state index contributed by atoms with van der Waals surface area (Å²) in [6.45, 7) is 4.18. The highest BCUT2D eigenvalue weighted by Gasteiger charge is 2.16. The predicted octanol–water partition coefficient (Wildman–Crippen LogP) is 14.7. The molecule has 0 heterocycles. The summed E-state index contributed by atoms with van der Waals surface area (Å²) in [6, 6.07) is 0. The number of ether oxygens (including phenoxy) is 2. The quantitative estimate of drug-likeness (QED) is 0.0501. The van der Waals surface area contributed by atoms with Gasteiger partial charge in [-0.1, -0.05) is 239 Å². The van der Waals surface area contributed by atoms with Gasteiger partial charge in [0.2, 0.25) is 0 Å². The SMILES string of the molecule is CCCCCCCCCCCCCCCCCCCCCCCCCC(=O)OC[C@H](CO)OC(=O)CCCCCCCCCCCCCCCC. The van der Waals surface area contributed by atoms with E-state index in [9.17, 15) is 14.7 Å². The Labute approximate surface area is 319 Å². The van der Waals surface area contributed by atoms with E-state index in [1.54, 1.807) is 0 Å². The van der Waals surface area contributed by atoms with Crippen LogP contribution < -0.4 is 0 Å². The van der Waals surface area contributed by atoms with Crippen molar-refractivity contribution in [2.45, 2.75) is 270 Å². The van der Waals surface area contributed by atoms with Crippen LogP contribution in [0.25, 0.3) is 0 Å². The van der Waals surface area contributed by atoms with Gasteiger partial charge in [-0.15, -0.1) is 0 Å². The first-order valence-electron chi connectivity index (χ1n) is 23.1. The van der Waals surface area contributed by atoms with Crippen LogP contribution in [0.3, 0.4) is 0 Å². The topological polar surface area (TPSA) is 72.8 Å². The minimum absolute atomic E-state index is 0.0564. The lowest BCUT2D eigenvalue weighted by molar-refractivity contribution is -0.161. The molecule has 0 aromatic carbocycles. The molecule has 0 aliphatic heterocycles. The highest BCUT2D eigenvalue weighted by molar-refractivity contribution is 5.70. The number of rotatable bonds is 43. The molecule has 0 unspecified atom stereocenters. The zero-order chi connectivity index (χ0) is 37.1. The van der Waals surface area contributed by atoms with E-state index in [4.69, 9.17) is 9.47 Å². The lowest BCUT2D eigenvalue weighted by Crippen LogP contribution is -2.28. The molecule has 0 amide bonds. The maximum atomic E-state index is 12.2. The molecular weight excluding hydrogens is 633 g/mol. The summed E-state index contributed by atoms with van der Waals surface area (Å²) in [7, 11) is 0. The minimum atomic E-state index is -0.762. The first-order valence-corrected chi connectivity index (χ1v) is 23.1. The fourth-order valence-corrected chi connectivity index (χ4v) is 7.15. The van der Waals surface area contributed by atoms with Crippen molar-refractivity contribution < 1.29 is 24.2 Å². The molecule has 0 saturated heterocycles. The van der Waals surface area contributed by atoms with Crippen LogP contribution in [0.15, 0.2) is 0 Å². The second kappa shape index (κ2) is 43.3. The molecule has 0 saturated carbocycles. The first-order chi connectivity index (χ1) is 25.1. The van der Waals surface area contributed by atoms with Crippen molar-refractivity contribution in [3.63, 3.8) is 0 Å². The fourth-order valence-electron chi connectivity index (χ4n) is 7.15. The van der Waals surface area contributed by atoms with Gasteiger partial charge in [-0.3, -0.25) is 9.59 Å². The third-order valence-electron chi connectivity index (χ3n) is 10.7. The Bertz CT molecular complexity index is 695. The maximum Gasteiger partial charge on any atom is 0.306 e. The van der Waals surface area contributed by atoms with E-state index < -0.39 is 6.10 Å². The van der Waals surface area contributed by atoms with E-state index in [1.807, 2.05) is 0 Å². The van der Waals surface area contributed by atoms with Crippen LogP contribution in [0, 0.1) is 0 Å².